The van der Waals surface area contributed by atoms with Gasteiger partial charge in [-0.2, -0.15) is 11.3 Å². The molecule has 3 aromatic carbocycles. The van der Waals surface area contributed by atoms with Crippen LogP contribution in [0.2, 0.25) is 0 Å². The van der Waals surface area contributed by atoms with Crippen molar-refractivity contribution in [1.82, 2.24) is 89.6 Å². The molecule has 43 nitrogen and oxygen atoms in total. The molecule has 5 saturated heterocycles. The number of nitrogens with two attached hydrogens (primary N) is 1. The van der Waals surface area contributed by atoms with Crippen molar-refractivity contribution in [2.75, 3.05) is 32.8 Å². The van der Waals surface area contributed by atoms with Gasteiger partial charge in [0.2, 0.25) is 100 Å². The van der Waals surface area contributed by atoms with Crippen LogP contribution in [0, 0.1) is 0 Å². The number of fused-ring (bicyclic) bond motifs is 5. The Balaban J connectivity index is 0.997. The third-order valence-corrected chi connectivity index (χ3v) is 28.1. The third-order valence-electron chi connectivity index (χ3n) is 26.3. The lowest BCUT2D eigenvalue weighted by atomic mass is 9.91. The number of benzene rings is 3. The Kier molecular flexibility index (Phi) is 40.0. The number of carboxylic acid groups (broad SMARTS) is 3. The summed E-state index contributed by atoms with van der Waals surface area (Å²) in [6.45, 7) is 6.75. The van der Waals surface area contributed by atoms with Crippen molar-refractivity contribution in [2.45, 2.75) is 304 Å². The first-order chi connectivity index (χ1) is 67.9. The van der Waals surface area contributed by atoms with Gasteiger partial charge in [-0.25, -0.2) is 9.59 Å². The number of aliphatic carboxylic acids is 2. The Morgan fingerprint density at radius 3 is 1.78 bits per heavy atom. The van der Waals surface area contributed by atoms with E-state index in [9.17, 15) is 72.9 Å². The van der Waals surface area contributed by atoms with E-state index >= 15 is 43.2 Å². The summed E-state index contributed by atoms with van der Waals surface area (Å²) in [5.41, 5.74) is -0.996. The number of carbonyl (C=O) groups is 21. The van der Waals surface area contributed by atoms with Crippen molar-refractivity contribution in [3.63, 3.8) is 0 Å². The Morgan fingerprint density at radius 1 is 0.503 bits per heavy atom. The normalized spacial score (nSPS) is 26.6. The van der Waals surface area contributed by atoms with Crippen molar-refractivity contribution < 1.29 is 121 Å². The zero-order chi connectivity index (χ0) is 104. The van der Waals surface area contributed by atoms with Gasteiger partial charge in [0, 0.05) is 62.9 Å². The number of cyclic esters (lactones) is 1. The summed E-state index contributed by atoms with van der Waals surface area (Å²) in [4.78, 5) is 306. The van der Waals surface area contributed by atoms with E-state index in [1.165, 1.54) is 93.4 Å². The van der Waals surface area contributed by atoms with Crippen LogP contribution in [0.3, 0.4) is 0 Å². The second-order valence-electron chi connectivity index (χ2n) is 38.1. The number of ether oxygens (including phenoxy) is 1. The van der Waals surface area contributed by atoms with Gasteiger partial charge >= 0.3 is 24.0 Å². The van der Waals surface area contributed by atoms with Crippen molar-refractivity contribution in [1.29, 1.82) is 0 Å². The number of rotatable bonds is 18. The maximum Gasteiger partial charge on any atom is 0.409 e. The van der Waals surface area contributed by atoms with Gasteiger partial charge in [-0.3, -0.25) is 91.1 Å². The highest BCUT2D eigenvalue weighted by atomic mass is 32.1. The zero-order valence-corrected chi connectivity index (χ0v) is 82.5. The van der Waals surface area contributed by atoms with Gasteiger partial charge in [0.1, 0.15) is 88.6 Å². The highest BCUT2D eigenvalue weighted by Crippen LogP contribution is 2.33. The Hall–Kier alpha value is -14.0. The van der Waals surface area contributed by atoms with Gasteiger partial charge in [-0.15, -0.1) is 11.3 Å². The van der Waals surface area contributed by atoms with E-state index in [-0.39, 0.29) is 140 Å². The number of carboxylic acids is 3. The van der Waals surface area contributed by atoms with E-state index in [0.717, 1.165) is 15.0 Å². The van der Waals surface area contributed by atoms with Crippen LogP contribution in [0.1, 0.15) is 222 Å². The van der Waals surface area contributed by atoms with Gasteiger partial charge in [0.25, 0.3) is 0 Å². The molecule has 5 aliphatic heterocycles. The fraction of sp³-hybridized carbons (Fsp3) is 0.541. The van der Waals surface area contributed by atoms with Gasteiger partial charge in [-0.1, -0.05) is 112 Å². The minimum atomic E-state index is -2.21. The van der Waals surface area contributed by atoms with Crippen LogP contribution in [-0.2, 0) is 122 Å². The third kappa shape index (κ3) is 31.7. The van der Waals surface area contributed by atoms with Crippen LogP contribution >= 0.6 is 22.7 Å². The lowest BCUT2D eigenvalue weighted by molar-refractivity contribution is -0.147. The average molecular weight is 2020 g/mol. The molecule has 0 saturated carbocycles. The first kappa shape index (κ1) is 111. The van der Waals surface area contributed by atoms with E-state index in [2.05, 4.69) is 79.8 Å². The first-order valence-electron chi connectivity index (χ1n) is 48.3. The smallest absolute Gasteiger partial charge is 0.409 e. The molecule has 774 valence electrons. The number of aromatic carboxylic acids is 1. The molecule has 7 heterocycles. The molecule has 10 rings (SSSR count). The molecule has 5 aromatic rings. The van der Waals surface area contributed by atoms with Crippen molar-refractivity contribution in [3.05, 3.63) is 129 Å². The summed E-state index contributed by atoms with van der Waals surface area (Å²) in [7, 11) is 0. The van der Waals surface area contributed by atoms with Gasteiger partial charge in [0.05, 0.1) is 31.6 Å². The summed E-state index contributed by atoms with van der Waals surface area (Å²) in [6.07, 6.45) is -2.19. The molecule has 20 N–H and O–H groups in total. The molecule has 5 fully saturated rings. The van der Waals surface area contributed by atoms with E-state index in [1.54, 1.807) is 58.6 Å². The number of nitrogens with one attached hydrogen (secondary N) is 15. The summed E-state index contributed by atoms with van der Waals surface area (Å²) in [6, 6.07) is 4.10. The molecule has 143 heavy (non-hydrogen) atoms. The lowest BCUT2D eigenvalue weighted by Gasteiger charge is -2.35. The predicted molar refractivity (Wildman–Crippen MR) is 520 cm³/mol. The maximum absolute atomic E-state index is 16.0. The molecule has 0 aliphatic carbocycles. The Labute approximate surface area is 834 Å². The second kappa shape index (κ2) is 51.6. The monoisotopic (exact) mass is 2020 g/mol. The molecule has 18 amide bonds. The van der Waals surface area contributed by atoms with E-state index < -0.39 is 239 Å². The maximum atomic E-state index is 16.0. The quantitative estimate of drug-likeness (QED) is 0.0594. The van der Waals surface area contributed by atoms with Crippen LogP contribution in [0.5, 0.6) is 0 Å². The van der Waals surface area contributed by atoms with Crippen LogP contribution in [0.15, 0.2) is 101 Å². The second-order valence-corrected chi connectivity index (χ2v) is 39.8. The molecule has 3 bridgehead atoms. The molecule has 45 heteroatoms. The topological polar surface area (TPSA) is 641 Å². The number of thiophene rings is 2. The van der Waals surface area contributed by atoms with E-state index in [0.29, 0.717) is 68.1 Å². The molecule has 14 atom stereocenters. The first-order valence-corrected chi connectivity index (χ1v) is 50.1. The fourth-order valence-corrected chi connectivity index (χ4v) is 19.4. The van der Waals surface area contributed by atoms with Crippen LogP contribution in [0.4, 0.5) is 4.79 Å². The number of carbonyl (C=O) groups excluding carboxylic acids is 18. The number of nitrogens with zero attached hydrogens (tertiary/aromatic N) is 2. The van der Waals surface area contributed by atoms with Crippen LogP contribution in [-0.4, -0.2) is 271 Å². The van der Waals surface area contributed by atoms with E-state index in [4.69, 9.17) is 10.5 Å². The van der Waals surface area contributed by atoms with Gasteiger partial charge in [-0.05, 0) is 180 Å². The minimum Gasteiger partial charge on any atom is -0.481 e. The van der Waals surface area contributed by atoms with Crippen molar-refractivity contribution >= 4 is 157 Å². The summed E-state index contributed by atoms with van der Waals surface area (Å²) < 4.78 is 6.70. The highest BCUT2D eigenvalue weighted by Gasteiger charge is 2.52. The standard InChI is InChI=1S/C98H130N18O25S2/c1-56(78(99)123)101-80(125)66-35-36-74(117)100-41-22-20-32-65-87(132)114-98(93(139)111-68(49-60-37-45-142-53-60)82(127)108-70(83(128)105-66)50-62-54-143-73-33-19-18-30-63(62)73)40-43-115(55-98)94(140)141-44-23-12-8-7-11-21-38-96(5,113-86(131)64-31-16-9-10-17-34-75(118)116-42-25-39-97(116,6)92(138)110-72(52-77(121)122)84(129)103-64)91(137)109-71(51-76(119)120)85(130)107-69(48-59-28-24-29-61(46-59)89(134)135)88(133)112-95(3,4)90(136)102-57(2)79(124)106-67(81(126)104-65)47-58-26-14-13-15-27-58/h13-15,18-19,24,26-30,33,37,45-46,53-54,56-57,64-72H,7-12,16-17,20-23,25,31-32,34-36,38-44,47-52,55H2,1-6H3,(H2,99,123)(H,100,117)(H,101,125)(H,102,136)(H,103,129)(H,104,126)(H,105,128)(H,106,124)(H,107,130)(H,108,127)(H,109,137)(H,110,138)(H,111,139)(H,112,133)(H,113,131)(H,114,132)(H,119,120)(H,121,122)(H,134,135)/t56-,57-,64-,65-,66-,67-,68-,69-,70-,71-,72-,96+,97-,98-/m0/s1. The van der Waals surface area contributed by atoms with E-state index in [1.807, 2.05) is 18.2 Å². The fourth-order valence-electron chi connectivity index (χ4n) is 17.8. The zero-order valence-electron chi connectivity index (χ0n) is 80.9. The molecule has 1 spiro atoms. The average Bonchev–Trinajstić information content (AvgIpc) is 1.65. The molecular weight excluding hydrogens is 1890 g/mol. The van der Waals surface area contributed by atoms with Gasteiger partial charge < -0.3 is 115 Å². The lowest BCUT2D eigenvalue weighted by Crippen LogP contribution is -2.66. The highest BCUT2D eigenvalue weighted by molar-refractivity contribution is 7.17. The summed E-state index contributed by atoms with van der Waals surface area (Å²) in [5.74, 6) is -21.0. The number of primary amides is 1. The Morgan fingerprint density at radius 2 is 1.08 bits per heavy atom. The van der Waals surface area contributed by atoms with Crippen LogP contribution < -0.4 is 85.5 Å². The molecule has 5 aliphatic rings. The van der Waals surface area contributed by atoms with Gasteiger partial charge in [0.15, 0.2) is 0 Å². The molecule has 2 aromatic heterocycles. The largest absolute Gasteiger partial charge is 0.481 e. The summed E-state index contributed by atoms with van der Waals surface area (Å²) in [5, 5.41) is 76.3. The Bertz CT molecular complexity index is 5510. The van der Waals surface area contributed by atoms with Crippen LogP contribution in [0.25, 0.3) is 10.1 Å². The molecular formula is C98H130N18O25S2. The van der Waals surface area contributed by atoms with Crippen molar-refractivity contribution in [2.24, 2.45) is 5.73 Å². The minimum absolute atomic E-state index is 0.0210. The summed E-state index contributed by atoms with van der Waals surface area (Å²) >= 11 is 2.61. The SMILES string of the molecule is C[C@H](NC(=O)[C@@H]1CCC(=O)NCCCC[C@@H]2NC(=O)[C@H](Cc3ccccc3)NC(=O)[C@H](C)NC(=O)C(C)(C)NC(=O)[C@H](Cc3cccc(C(=O)O)c3)NC(=O)[C@H](CC(=O)O)NC(=O)[C@](C)(NC(=O)[C@@H]3CCCCCCC(=O)N4CCC[C@@]4(C)C(=O)N[C@@H](CC(=O)O)C(=O)N3)CCCCCCCCOC(=O)N3CC[C@@](C3)(NC2=O)C(=O)N[C@@H](Cc2ccsc2)C(=O)N[C@@H](Cc2csc3ccccc23)C(=O)N1)C(N)=O. The number of hydrogen-bond acceptors (Lipinski definition) is 24. The molecule has 0 radical (unpaired) electrons. The number of amides is 18. The molecule has 0 unspecified atom stereocenters. The predicted octanol–water partition coefficient (Wildman–Crippen LogP) is 1.77. The number of hydrogen-bond donors (Lipinski definition) is 19. The van der Waals surface area contributed by atoms with Crippen molar-refractivity contribution in [3.8, 4) is 0 Å².